The van der Waals surface area contributed by atoms with Crippen molar-refractivity contribution in [3.05, 3.63) is 12.2 Å². The molecule has 0 N–H and O–H groups in total. The highest BCUT2D eigenvalue weighted by atomic mass is 14.2. The van der Waals surface area contributed by atoms with E-state index < -0.39 is 0 Å². The van der Waals surface area contributed by atoms with Crippen molar-refractivity contribution in [1.82, 2.24) is 0 Å². The first-order chi connectivity index (χ1) is 13.4. The van der Waals surface area contributed by atoms with Crippen LogP contribution in [0.5, 0.6) is 0 Å². The molecule has 0 aromatic heterocycles. The van der Waals surface area contributed by atoms with E-state index in [4.69, 9.17) is 0 Å². The second kappa shape index (κ2) is 18.7. The molecule has 0 aliphatic rings. The Balaban J connectivity index is 3.70. The fourth-order valence-corrected chi connectivity index (χ4v) is 4.43. The van der Waals surface area contributed by atoms with Crippen molar-refractivity contribution in [2.24, 2.45) is 23.7 Å². The summed E-state index contributed by atoms with van der Waals surface area (Å²) in [5, 5.41) is 0. The zero-order valence-corrected chi connectivity index (χ0v) is 20.8. The smallest absolute Gasteiger partial charge is 0.0295 e. The van der Waals surface area contributed by atoms with Crippen LogP contribution in [0.15, 0.2) is 12.2 Å². The van der Waals surface area contributed by atoms with Gasteiger partial charge >= 0.3 is 0 Å². The maximum absolute atomic E-state index is 4.19. The Bertz CT molecular complexity index is 340. The number of allylic oxidation sites excluding steroid dienone is 1. The minimum Gasteiger partial charge on any atom is -0.100 e. The first kappa shape index (κ1) is 27.7. The van der Waals surface area contributed by atoms with Crippen molar-refractivity contribution in [2.45, 2.75) is 144 Å². The summed E-state index contributed by atoms with van der Waals surface area (Å²) in [6.07, 6.45) is 22.7. The average Bonchev–Trinajstić information content (AvgIpc) is 2.64. The summed E-state index contributed by atoms with van der Waals surface area (Å²) in [5.74, 6) is 3.51. The van der Waals surface area contributed by atoms with E-state index in [9.17, 15) is 0 Å². The third-order valence-corrected chi connectivity index (χ3v) is 7.05. The van der Waals surface area contributed by atoms with Gasteiger partial charge in [0.05, 0.1) is 0 Å². The number of rotatable bonds is 20. The van der Waals surface area contributed by atoms with Gasteiger partial charge in [-0.3, -0.25) is 0 Å². The molecule has 0 aliphatic heterocycles. The zero-order chi connectivity index (χ0) is 21.2. The molecule has 0 bridgehead atoms. The molecule has 0 aliphatic carbocycles. The van der Waals surface area contributed by atoms with Crippen molar-refractivity contribution in [3.8, 4) is 0 Å². The Morgan fingerprint density at radius 2 is 1.04 bits per heavy atom. The second-order valence-electron chi connectivity index (χ2n) is 10.4. The van der Waals surface area contributed by atoms with E-state index in [2.05, 4.69) is 48.1 Å². The summed E-state index contributed by atoms with van der Waals surface area (Å²) in [7, 11) is 0. The summed E-state index contributed by atoms with van der Waals surface area (Å²) >= 11 is 0. The molecule has 0 rings (SSSR count). The highest BCUT2D eigenvalue weighted by Gasteiger charge is 2.16. The van der Waals surface area contributed by atoms with E-state index in [1.54, 1.807) is 0 Å². The lowest BCUT2D eigenvalue weighted by Gasteiger charge is -2.24. The minimum atomic E-state index is 0.855. The molecule has 0 aromatic rings. The number of hydrogen-bond acceptors (Lipinski definition) is 0. The number of unbranched alkanes of at least 4 members (excludes halogenated alkanes) is 10. The lowest BCUT2D eigenvalue weighted by molar-refractivity contribution is 0.297. The highest BCUT2D eigenvalue weighted by Crippen LogP contribution is 2.29. The molecule has 0 radical (unpaired) electrons. The normalized spacial score (nSPS) is 15.0. The molecule has 0 fully saturated rings. The molecule has 0 nitrogen and oxygen atoms in total. The van der Waals surface area contributed by atoms with Gasteiger partial charge in [0.25, 0.3) is 0 Å². The van der Waals surface area contributed by atoms with Crippen molar-refractivity contribution in [2.75, 3.05) is 0 Å². The standard InChI is InChI=1S/C28H56/c1-8-9-10-19-22-28(23-24(2)3)27(7)21-18-16-14-12-11-13-15-17-20-26(6)25(4)5/h25-28H,2,8-23H2,1,3-7H3. The first-order valence-electron chi connectivity index (χ1n) is 13.0. The van der Waals surface area contributed by atoms with Crippen molar-refractivity contribution < 1.29 is 0 Å². The molecule has 3 unspecified atom stereocenters. The summed E-state index contributed by atoms with van der Waals surface area (Å²) in [5.41, 5.74) is 1.38. The fourth-order valence-electron chi connectivity index (χ4n) is 4.43. The lowest BCUT2D eigenvalue weighted by atomic mass is 9.81. The molecule has 0 spiro atoms. The van der Waals surface area contributed by atoms with Crippen molar-refractivity contribution in [3.63, 3.8) is 0 Å². The second-order valence-corrected chi connectivity index (χ2v) is 10.4. The van der Waals surface area contributed by atoms with E-state index in [0.29, 0.717) is 0 Å². The zero-order valence-electron chi connectivity index (χ0n) is 20.8. The fraction of sp³-hybridized carbons (Fsp3) is 0.929. The van der Waals surface area contributed by atoms with Crippen LogP contribution in [-0.4, -0.2) is 0 Å². The van der Waals surface area contributed by atoms with Crippen LogP contribution in [0.1, 0.15) is 144 Å². The van der Waals surface area contributed by atoms with E-state index in [1.807, 2.05) is 0 Å². The van der Waals surface area contributed by atoms with Crippen LogP contribution in [0.25, 0.3) is 0 Å². The lowest BCUT2D eigenvalue weighted by Crippen LogP contribution is -2.12. The van der Waals surface area contributed by atoms with Crippen LogP contribution < -0.4 is 0 Å². The molecule has 3 atom stereocenters. The summed E-state index contributed by atoms with van der Waals surface area (Å²) < 4.78 is 0. The van der Waals surface area contributed by atoms with E-state index >= 15 is 0 Å². The topological polar surface area (TPSA) is 0 Å². The van der Waals surface area contributed by atoms with Crippen LogP contribution >= 0.6 is 0 Å². The Hall–Kier alpha value is -0.260. The van der Waals surface area contributed by atoms with Gasteiger partial charge in [-0.2, -0.15) is 0 Å². The van der Waals surface area contributed by atoms with Crippen LogP contribution in [-0.2, 0) is 0 Å². The van der Waals surface area contributed by atoms with Gasteiger partial charge in [0, 0.05) is 0 Å². The molecular formula is C28H56. The molecule has 0 saturated heterocycles. The third-order valence-electron chi connectivity index (χ3n) is 7.05. The Labute approximate surface area is 180 Å². The molecule has 28 heavy (non-hydrogen) atoms. The monoisotopic (exact) mass is 392 g/mol. The van der Waals surface area contributed by atoms with Crippen LogP contribution in [0.2, 0.25) is 0 Å². The first-order valence-corrected chi connectivity index (χ1v) is 13.0. The Morgan fingerprint density at radius 3 is 1.50 bits per heavy atom. The highest BCUT2D eigenvalue weighted by molar-refractivity contribution is 4.91. The van der Waals surface area contributed by atoms with E-state index in [-0.39, 0.29) is 0 Å². The molecule has 0 heterocycles. The molecule has 0 amide bonds. The Kier molecular flexibility index (Phi) is 18.6. The van der Waals surface area contributed by atoms with Gasteiger partial charge in [-0.15, -0.1) is 6.58 Å². The van der Waals surface area contributed by atoms with Crippen LogP contribution in [0, 0.1) is 23.7 Å². The van der Waals surface area contributed by atoms with Gasteiger partial charge in [0.1, 0.15) is 0 Å². The third kappa shape index (κ3) is 16.7. The van der Waals surface area contributed by atoms with Crippen molar-refractivity contribution >= 4 is 0 Å². The quantitative estimate of drug-likeness (QED) is 0.143. The van der Waals surface area contributed by atoms with E-state index in [1.165, 1.54) is 108 Å². The maximum atomic E-state index is 4.19. The predicted octanol–water partition coefficient (Wildman–Crippen LogP) is 10.4. The van der Waals surface area contributed by atoms with Crippen molar-refractivity contribution in [1.29, 1.82) is 0 Å². The molecule has 0 heteroatoms. The van der Waals surface area contributed by atoms with Crippen LogP contribution in [0.3, 0.4) is 0 Å². The van der Waals surface area contributed by atoms with Crippen LogP contribution in [0.4, 0.5) is 0 Å². The minimum absolute atomic E-state index is 0.855. The SMILES string of the molecule is C=C(C)CC(CCCCCC)C(C)CCCCCCCCCCC(C)C(C)C. The Morgan fingerprint density at radius 1 is 0.607 bits per heavy atom. The predicted molar refractivity (Wildman–Crippen MR) is 131 cm³/mol. The molecule has 168 valence electrons. The van der Waals surface area contributed by atoms with E-state index in [0.717, 1.165) is 23.7 Å². The molecule has 0 aromatic carbocycles. The van der Waals surface area contributed by atoms with Gasteiger partial charge in [-0.05, 0) is 43.4 Å². The maximum Gasteiger partial charge on any atom is -0.0295 e. The van der Waals surface area contributed by atoms with Gasteiger partial charge < -0.3 is 0 Å². The van der Waals surface area contributed by atoms with Gasteiger partial charge in [0.2, 0.25) is 0 Å². The van der Waals surface area contributed by atoms with Gasteiger partial charge in [-0.1, -0.05) is 130 Å². The molecule has 0 saturated carbocycles. The van der Waals surface area contributed by atoms with Gasteiger partial charge in [-0.25, -0.2) is 0 Å². The molecular weight excluding hydrogens is 336 g/mol. The average molecular weight is 393 g/mol. The van der Waals surface area contributed by atoms with Gasteiger partial charge in [0.15, 0.2) is 0 Å². The number of hydrogen-bond donors (Lipinski definition) is 0. The summed E-state index contributed by atoms with van der Waals surface area (Å²) in [6, 6.07) is 0. The largest absolute Gasteiger partial charge is 0.100 e. The summed E-state index contributed by atoms with van der Waals surface area (Å²) in [4.78, 5) is 0. The summed E-state index contributed by atoms with van der Waals surface area (Å²) in [6.45, 7) is 18.4.